The van der Waals surface area contributed by atoms with Crippen LogP contribution < -0.4 is 10.1 Å². The van der Waals surface area contributed by atoms with Gasteiger partial charge in [0, 0.05) is 12.1 Å². The van der Waals surface area contributed by atoms with Gasteiger partial charge in [0.1, 0.15) is 11.8 Å². The van der Waals surface area contributed by atoms with E-state index >= 15 is 0 Å². The number of ether oxygens (including phenoxy) is 1. The highest BCUT2D eigenvalue weighted by molar-refractivity contribution is 5.79. The van der Waals surface area contributed by atoms with E-state index in [4.69, 9.17) is 4.74 Å². The molecule has 1 heterocycles. The zero-order valence-electron chi connectivity index (χ0n) is 15.0. The topological polar surface area (TPSA) is 81.9 Å². The summed E-state index contributed by atoms with van der Waals surface area (Å²) in [4.78, 5) is 13.7. The number of carbonyl (C=O) groups is 1. The summed E-state index contributed by atoms with van der Waals surface area (Å²) < 4.78 is 5.12. The fourth-order valence-electron chi connectivity index (χ4n) is 2.39. The molecule has 0 aliphatic heterocycles. The molecule has 1 amide bonds. The van der Waals surface area contributed by atoms with Crippen LogP contribution in [0, 0.1) is 6.92 Å². The molecule has 2 aromatic carbocycles. The number of carbonyl (C=O) groups excluding carboxylic acids is 1. The summed E-state index contributed by atoms with van der Waals surface area (Å²) in [5.74, 6) is 1.11. The molecule has 0 radical (unpaired) electrons. The van der Waals surface area contributed by atoms with Gasteiger partial charge < -0.3 is 10.1 Å². The van der Waals surface area contributed by atoms with Gasteiger partial charge in [0.25, 0.3) is 0 Å². The Morgan fingerprint density at radius 3 is 2.50 bits per heavy atom. The third kappa shape index (κ3) is 4.05. The number of amides is 1. The minimum atomic E-state index is -0.556. The Kier molecular flexibility index (Phi) is 5.26. The molecule has 7 heteroatoms. The summed E-state index contributed by atoms with van der Waals surface area (Å²) in [6, 6.07) is 14.8. The van der Waals surface area contributed by atoms with Crippen molar-refractivity contribution in [1.29, 1.82) is 0 Å². The molecule has 0 saturated carbocycles. The van der Waals surface area contributed by atoms with Gasteiger partial charge in [-0.2, -0.15) is 4.80 Å². The first-order valence-corrected chi connectivity index (χ1v) is 8.34. The van der Waals surface area contributed by atoms with Gasteiger partial charge in [-0.3, -0.25) is 4.79 Å². The van der Waals surface area contributed by atoms with Gasteiger partial charge in [-0.15, -0.1) is 10.2 Å². The predicted octanol–water partition coefficient (Wildman–Crippen LogP) is 2.53. The number of hydrogen-bond donors (Lipinski definition) is 1. The lowest BCUT2D eigenvalue weighted by Crippen LogP contribution is -2.31. The summed E-state index contributed by atoms with van der Waals surface area (Å²) in [7, 11) is 1.62. The third-order valence-electron chi connectivity index (χ3n) is 4.09. The van der Waals surface area contributed by atoms with Crippen molar-refractivity contribution in [2.24, 2.45) is 0 Å². The standard InChI is InChI=1S/C19H21N5O2/c1-13-4-8-16(9-5-13)18-21-23-24(22-18)14(2)19(25)20-12-15-6-10-17(26-3)11-7-15/h4-11,14H,12H2,1-3H3,(H,20,25)/t14-/m0/s1. The van der Waals surface area contributed by atoms with Crippen LogP contribution in [0.4, 0.5) is 0 Å². The Morgan fingerprint density at radius 2 is 1.85 bits per heavy atom. The Morgan fingerprint density at radius 1 is 1.15 bits per heavy atom. The van der Waals surface area contributed by atoms with Crippen molar-refractivity contribution in [2.75, 3.05) is 7.11 Å². The second-order valence-corrected chi connectivity index (χ2v) is 6.04. The van der Waals surface area contributed by atoms with Crippen molar-refractivity contribution in [3.63, 3.8) is 0 Å². The van der Waals surface area contributed by atoms with Crippen molar-refractivity contribution < 1.29 is 9.53 Å². The summed E-state index contributed by atoms with van der Waals surface area (Å²) in [5, 5.41) is 15.3. The average Bonchev–Trinajstić information content (AvgIpc) is 3.16. The van der Waals surface area contributed by atoms with E-state index in [2.05, 4.69) is 20.7 Å². The number of aryl methyl sites for hydroxylation is 1. The summed E-state index contributed by atoms with van der Waals surface area (Å²) >= 11 is 0. The second-order valence-electron chi connectivity index (χ2n) is 6.04. The van der Waals surface area contributed by atoms with Gasteiger partial charge in [0.05, 0.1) is 7.11 Å². The van der Waals surface area contributed by atoms with Crippen molar-refractivity contribution in [3.05, 3.63) is 59.7 Å². The molecule has 0 aliphatic rings. The first-order chi connectivity index (χ1) is 12.6. The maximum Gasteiger partial charge on any atom is 0.246 e. The summed E-state index contributed by atoms with van der Waals surface area (Å²) in [5.41, 5.74) is 3.01. The molecule has 0 aliphatic carbocycles. The van der Waals surface area contributed by atoms with Crippen molar-refractivity contribution in [1.82, 2.24) is 25.5 Å². The molecule has 7 nitrogen and oxygen atoms in total. The Balaban J connectivity index is 1.62. The second kappa shape index (κ2) is 7.77. The largest absolute Gasteiger partial charge is 0.497 e. The number of aromatic nitrogens is 4. The molecule has 3 rings (SSSR count). The Labute approximate surface area is 152 Å². The van der Waals surface area contributed by atoms with Crippen molar-refractivity contribution in [2.45, 2.75) is 26.4 Å². The summed E-state index contributed by atoms with van der Waals surface area (Å²) in [6.07, 6.45) is 0. The van der Waals surface area contributed by atoms with Gasteiger partial charge in [0.2, 0.25) is 11.7 Å². The molecular weight excluding hydrogens is 330 g/mol. The maximum atomic E-state index is 12.4. The molecule has 1 aromatic heterocycles. The van der Waals surface area contributed by atoms with Gasteiger partial charge in [-0.1, -0.05) is 42.0 Å². The van der Waals surface area contributed by atoms with Crippen LogP contribution in [0.15, 0.2) is 48.5 Å². The van der Waals surface area contributed by atoms with E-state index in [0.717, 1.165) is 22.4 Å². The number of benzene rings is 2. The Bertz CT molecular complexity index is 872. The van der Waals surface area contributed by atoms with Crippen LogP contribution in [0.2, 0.25) is 0 Å². The minimum Gasteiger partial charge on any atom is -0.497 e. The lowest BCUT2D eigenvalue weighted by molar-refractivity contribution is -0.124. The van der Waals surface area contributed by atoms with Crippen LogP contribution in [0.5, 0.6) is 5.75 Å². The maximum absolute atomic E-state index is 12.4. The monoisotopic (exact) mass is 351 g/mol. The smallest absolute Gasteiger partial charge is 0.246 e. The first kappa shape index (κ1) is 17.6. The SMILES string of the molecule is COc1ccc(CNC(=O)[C@H](C)n2nnc(-c3ccc(C)cc3)n2)cc1. The van der Waals surface area contributed by atoms with Gasteiger partial charge in [-0.05, 0) is 36.8 Å². The van der Waals surface area contributed by atoms with Crippen molar-refractivity contribution in [3.8, 4) is 17.1 Å². The fraction of sp³-hybridized carbons (Fsp3) is 0.263. The molecule has 3 aromatic rings. The first-order valence-electron chi connectivity index (χ1n) is 8.34. The van der Waals surface area contributed by atoms with E-state index < -0.39 is 6.04 Å². The highest BCUT2D eigenvalue weighted by Crippen LogP contribution is 2.15. The number of methoxy groups -OCH3 is 1. The van der Waals surface area contributed by atoms with Gasteiger partial charge >= 0.3 is 0 Å². The minimum absolute atomic E-state index is 0.173. The zero-order chi connectivity index (χ0) is 18.5. The molecule has 0 unspecified atom stereocenters. The van der Waals surface area contributed by atoms with E-state index in [1.54, 1.807) is 14.0 Å². The molecular formula is C19H21N5O2. The average molecular weight is 351 g/mol. The molecule has 1 N–H and O–H groups in total. The lowest BCUT2D eigenvalue weighted by Gasteiger charge is -2.11. The summed E-state index contributed by atoms with van der Waals surface area (Å²) in [6.45, 7) is 4.18. The van der Waals surface area contributed by atoms with E-state index in [-0.39, 0.29) is 5.91 Å². The van der Waals surface area contributed by atoms with E-state index in [1.807, 2.05) is 55.5 Å². The molecule has 0 fully saturated rings. The highest BCUT2D eigenvalue weighted by Gasteiger charge is 2.18. The Hall–Kier alpha value is -3.22. The molecule has 0 spiro atoms. The molecule has 0 bridgehead atoms. The fourth-order valence-corrected chi connectivity index (χ4v) is 2.39. The molecule has 0 saturated heterocycles. The van der Waals surface area contributed by atoms with Crippen LogP contribution in [0.25, 0.3) is 11.4 Å². The van der Waals surface area contributed by atoms with Crippen LogP contribution >= 0.6 is 0 Å². The van der Waals surface area contributed by atoms with Gasteiger partial charge in [-0.25, -0.2) is 0 Å². The molecule has 26 heavy (non-hydrogen) atoms. The zero-order valence-corrected chi connectivity index (χ0v) is 15.0. The van der Waals surface area contributed by atoms with Crippen LogP contribution in [0.1, 0.15) is 24.1 Å². The predicted molar refractivity (Wildman–Crippen MR) is 97.5 cm³/mol. The lowest BCUT2D eigenvalue weighted by atomic mass is 10.1. The van der Waals surface area contributed by atoms with E-state index in [9.17, 15) is 4.79 Å². The number of hydrogen-bond acceptors (Lipinski definition) is 5. The number of tetrazole rings is 1. The number of nitrogens with one attached hydrogen (secondary N) is 1. The van der Waals surface area contributed by atoms with E-state index in [0.29, 0.717) is 12.4 Å². The van der Waals surface area contributed by atoms with Crippen molar-refractivity contribution >= 4 is 5.91 Å². The van der Waals surface area contributed by atoms with Crippen LogP contribution in [-0.4, -0.2) is 33.2 Å². The van der Waals surface area contributed by atoms with Gasteiger partial charge in [0.15, 0.2) is 0 Å². The number of nitrogens with zero attached hydrogens (tertiary/aromatic N) is 4. The van der Waals surface area contributed by atoms with Crippen LogP contribution in [-0.2, 0) is 11.3 Å². The third-order valence-corrected chi connectivity index (χ3v) is 4.09. The quantitative estimate of drug-likeness (QED) is 0.738. The highest BCUT2D eigenvalue weighted by atomic mass is 16.5. The number of rotatable bonds is 6. The van der Waals surface area contributed by atoms with E-state index in [1.165, 1.54) is 4.80 Å². The van der Waals surface area contributed by atoms with Crippen LogP contribution in [0.3, 0.4) is 0 Å². The normalized spacial score (nSPS) is 11.8. The molecule has 134 valence electrons. The molecule has 1 atom stereocenters.